The molecule has 1 aromatic rings. The number of carbonyl (C=O) groups excluding carboxylic acids is 1. The van der Waals surface area contributed by atoms with Crippen LogP contribution in [0.1, 0.15) is 26.2 Å². The maximum atomic E-state index is 12.2. The fourth-order valence-corrected chi connectivity index (χ4v) is 4.73. The summed E-state index contributed by atoms with van der Waals surface area (Å²) in [7, 11) is 0. The number of likely N-dealkylation sites (tertiary alicyclic amines) is 1. The number of benzene rings is 1. The third-order valence-corrected chi connectivity index (χ3v) is 6.21. The van der Waals surface area contributed by atoms with Crippen molar-refractivity contribution >= 4 is 17.7 Å². The van der Waals surface area contributed by atoms with Crippen LogP contribution in [0.5, 0.6) is 5.75 Å². The van der Waals surface area contributed by atoms with Crippen molar-refractivity contribution in [3.8, 4) is 5.75 Å². The van der Waals surface area contributed by atoms with Crippen molar-refractivity contribution in [3.05, 3.63) is 30.3 Å². The Morgan fingerprint density at radius 3 is 2.71 bits per heavy atom. The number of ether oxygens (including phenoxy) is 1. The first-order chi connectivity index (χ1) is 11.7. The van der Waals surface area contributed by atoms with E-state index in [9.17, 15) is 4.79 Å². The number of carbonyl (C=O) groups is 1. The highest BCUT2D eigenvalue weighted by atomic mass is 32.2. The minimum atomic E-state index is -0.456. The monoisotopic (exact) mass is 348 g/mol. The second kappa shape index (κ2) is 8.77. The lowest BCUT2D eigenvalue weighted by molar-refractivity contribution is -0.127. The van der Waals surface area contributed by atoms with Gasteiger partial charge in [0.1, 0.15) is 5.75 Å². The van der Waals surface area contributed by atoms with E-state index in [2.05, 4.69) is 22.0 Å². The van der Waals surface area contributed by atoms with Gasteiger partial charge in [0.15, 0.2) is 6.10 Å². The zero-order valence-corrected chi connectivity index (χ0v) is 15.3. The van der Waals surface area contributed by atoms with Crippen LogP contribution in [0.15, 0.2) is 30.3 Å². The first-order valence-corrected chi connectivity index (χ1v) is 10.2. The summed E-state index contributed by atoms with van der Waals surface area (Å²) in [5.41, 5.74) is 0. The molecule has 1 amide bonds. The first kappa shape index (κ1) is 17.6. The summed E-state index contributed by atoms with van der Waals surface area (Å²) < 4.78 is 5.68. The highest BCUT2D eigenvalue weighted by Gasteiger charge is 2.27. The molecule has 0 bridgehead atoms. The third-order valence-electron chi connectivity index (χ3n) is 5.06. The number of thioether (sulfide) groups is 1. The Morgan fingerprint density at radius 2 is 2.04 bits per heavy atom. The van der Waals surface area contributed by atoms with Gasteiger partial charge in [0.25, 0.3) is 5.91 Å². The molecule has 4 nitrogen and oxygen atoms in total. The molecule has 0 saturated carbocycles. The number of nitrogens with one attached hydrogen (secondary N) is 1. The molecule has 0 radical (unpaired) electrons. The van der Waals surface area contributed by atoms with E-state index in [1.165, 1.54) is 43.9 Å². The van der Waals surface area contributed by atoms with Gasteiger partial charge in [-0.2, -0.15) is 11.8 Å². The summed E-state index contributed by atoms with van der Waals surface area (Å²) >= 11 is 2.08. The quantitative estimate of drug-likeness (QED) is 0.858. The Hall–Kier alpha value is -1.20. The lowest BCUT2D eigenvalue weighted by atomic mass is 9.95. The summed E-state index contributed by atoms with van der Waals surface area (Å²) in [5, 5.41) is 3.07. The predicted octanol–water partition coefficient (Wildman–Crippen LogP) is 2.79. The van der Waals surface area contributed by atoms with Gasteiger partial charge in [-0.05, 0) is 63.1 Å². The normalized spacial score (nSPS) is 23.8. The molecule has 2 fully saturated rings. The highest BCUT2D eigenvalue weighted by Crippen LogP contribution is 2.26. The smallest absolute Gasteiger partial charge is 0.260 e. The van der Waals surface area contributed by atoms with Crippen LogP contribution in [0.25, 0.3) is 0 Å². The minimum Gasteiger partial charge on any atom is -0.481 e. The minimum absolute atomic E-state index is 0.0199. The molecule has 2 aliphatic heterocycles. The molecule has 2 aliphatic rings. The van der Waals surface area contributed by atoms with E-state index in [-0.39, 0.29) is 5.91 Å². The maximum Gasteiger partial charge on any atom is 0.260 e. The van der Waals surface area contributed by atoms with E-state index in [1.54, 1.807) is 0 Å². The van der Waals surface area contributed by atoms with Gasteiger partial charge in [0.2, 0.25) is 0 Å². The molecular formula is C19H28N2O2S. The Kier molecular flexibility index (Phi) is 6.44. The predicted molar refractivity (Wildman–Crippen MR) is 99.6 cm³/mol. The van der Waals surface area contributed by atoms with Crippen LogP contribution in [0.2, 0.25) is 0 Å². The molecule has 2 atom stereocenters. The molecule has 24 heavy (non-hydrogen) atoms. The van der Waals surface area contributed by atoms with Crippen molar-refractivity contribution in [1.29, 1.82) is 0 Å². The van der Waals surface area contributed by atoms with Crippen LogP contribution in [0, 0.1) is 5.92 Å². The molecule has 1 N–H and O–H groups in total. The van der Waals surface area contributed by atoms with Gasteiger partial charge in [-0.3, -0.25) is 9.69 Å². The van der Waals surface area contributed by atoms with Crippen LogP contribution in [0.4, 0.5) is 0 Å². The van der Waals surface area contributed by atoms with Crippen molar-refractivity contribution in [3.63, 3.8) is 0 Å². The molecule has 0 unspecified atom stereocenters. The molecule has 1 aromatic carbocycles. The lowest BCUT2D eigenvalue weighted by Crippen LogP contribution is -2.45. The van der Waals surface area contributed by atoms with E-state index in [4.69, 9.17) is 4.74 Å². The van der Waals surface area contributed by atoms with Gasteiger partial charge in [0.05, 0.1) is 0 Å². The largest absolute Gasteiger partial charge is 0.481 e. The van der Waals surface area contributed by atoms with Crippen LogP contribution in [-0.2, 0) is 4.79 Å². The third kappa shape index (κ3) is 4.90. The zero-order chi connectivity index (χ0) is 16.8. The van der Waals surface area contributed by atoms with E-state index < -0.39 is 6.10 Å². The number of nitrogens with zero attached hydrogens (tertiary/aromatic N) is 1. The van der Waals surface area contributed by atoms with Gasteiger partial charge in [-0.15, -0.1) is 0 Å². The van der Waals surface area contributed by atoms with E-state index in [1.807, 2.05) is 37.3 Å². The standard InChI is InChI=1S/C19H28N2O2S/c1-15(23-18-5-3-2-4-6-18)19(22)20-13-16-7-10-21(11-8-16)17-9-12-24-14-17/h2-6,15-17H,7-14H2,1H3,(H,20,22)/t15-,17-/m1/s1. The molecule has 5 heteroatoms. The van der Waals surface area contributed by atoms with Crippen LogP contribution in [-0.4, -0.2) is 54.1 Å². The van der Waals surface area contributed by atoms with E-state index in [0.29, 0.717) is 5.92 Å². The van der Waals surface area contributed by atoms with Gasteiger partial charge in [0, 0.05) is 18.3 Å². The topological polar surface area (TPSA) is 41.6 Å². The van der Waals surface area contributed by atoms with E-state index >= 15 is 0 Å². The number of hydrogen-bond acceptors (Lipinski definition) is 4. The van der Waals surface area contributed by atoms with Gasteiger partial charge in [-0.25, -0.2) is 0 Å². The Morgan fingerprint density at radius 1 is 1.29 bits per heavy atom. The Balaban J connectivity index is 1.36. The second-order valence-corrected chi connectivity index (χ2v) is 7.96. The molecule has 3 rings (SSSR count). The Labute approximate surface area is 149 Å². The zero-order valence-electron chi connectivity index (χ0n) is 14.4. The van der Waals surface area contributed by atoms with Crippen molar-refractivity contribution in [2.75, 3.05) is 31.1 Å². The number of piperidine rings is 1. The molecule has 0 spiro atoms. The summed E-state index contributed by atoms with van der Waals surface area (Å²) in [5.74, 6) is 3.94. The summed E-state index contributed by atoms with van der Waals surface area (Å²) in [6.07, 6.45) is 3.27. The van der Waals surface area contributed by atoms with Crippen molar-refractivity contribution in [1.82, 2.24) is 10.2 Å². The average Bonchev–Trinajstić information content (AvgIpc) is 3.15. The second-order valence-electron chi connectivity index (χ2n) is 6.82. The molecule has 0 aromatic heterocycles. The van der Waals surface area contributed by atoms with Crippen LogP contribution >= 0.6 is 11.8 Å². The van der Waals surface area contributed by atoms with Crippen LogP contribution < -0.4 is 10.1 Å². The number of rotatable bonds is 6. The molecular weight excluding hydrogens is 320 g/mol. The molecule has 2 heterocycles. The maximum absolute atomic E-state index is 12.2. The molecule has 0 aliphatic carbocycles. The fourth-order valence-electron chi connectivity index (χ4n) is 3.48. The molecule has 132 valence electrons. The van der Waals surface area contributed by atoms with Gasteiger partial charge < -0.3 is 10.1 Å². The number of amides is 1. The lowest BCUT2D eigenvalue weighted by Gasteiger charge is -2.35. The first-order valence-electron chi connectivity index (χ1n) is 9.03. The van der Waals surface area contributed by atoms with Gasteiger partial charge >= 0.3 is 0 Å². The number of hydrogen-bond donors (Lipinski definition) is 1. The van der Waals surface area contributed by atoms with Crippen molar-refractivity contribution in [2.45, 2.75) is 38.3 Å². The summed E-state index contributed by atoms with van der Waals surface area (Å²) in [4.78, 5) is 14.9. The van der Waals surface area contributed by atoms with E-state index in [0.717, 1.165) is 18.3 Å². The average molecular weight is 349 g/mol. The van der Waals surface area contributed by atoms with Gasteiger partial charge in [-0.1, -0.05) is 18.2 Å². The summed E-state index contributed by atoms with van der Waals surface area (Å²) in [6, 6.07) is 10.3. The molecule has 2 saturated heterocycles. The van der Waals surface area contributed by atoms with Crippen molar-refractivity contribution in [2.24, 2.45) is 5.92 Å². The number of para-hydroxylation sites is 1. The SMILES string of the molecule is C[C@@H](Oc1ccccc1)C(=O)NCC1CCN([C@@H]2CCSC2)CC1. The Bertz CT molecular complexity index is 511. The highest BCUT2D eigenvalue weighted by molar-refractivity contribution is 7.99. The fraction of sp³-hybridized carbons (Fsp3) is 0.632. The van der Waals surface area contributed by atoms with Crippen molar-refractivity contribution < 1.29 is 9.53 Å². The summed E-state index contributed by atoms with van der Waals surface area (Å²) in [6.45, 7) is 4.95. The van der Waals surface area contributed by atoms with Crippen LogP contribution in [0.3, 0.4) is 0 Å².